The van der Waals surface area contributed by atoms with Gasteiger partial charge in [-0.2, -0.15) is 0 Å². The van der Waals surface area contributed by atoms with Gasteiger partial charge >= 0.3 is 5.97 Å². The third-order valence-corrected chi connectivity index (χ3v) is 5.55. The number of rotatable bonds is 12. The lowest BCUT2D eigenvalue weighted by atomic mass is 9.80. The number of carboxylic acids is 1. The van der Waals surface area contributed by atoms with Gasteiger partial charge in [0.2, 0.25) is 0 Å². The summed E-state index contributed by atoms with van der Waals surface area (Å²) in [4.78, 5) is 22.8. The fourth-order valence-corrected chi connectivity index (χ4v) is 3.53. The third kappa shape index (κ3) is 7.97. The zero-order valence-corrected chi connectivity index (χ0v) is 16.9. The summed E-state index contributed by atoms with van der Waals surface area (Å²) in [7, 11) is 0. The lowest BCUT2D eigenvalue weighted by Crippen LogP contribution is -2.28. The van der Waals surface area contributed by atoms with E-state index in [0.29, 0.717) is 19.3 Å². The maximum atomic E-state index is 12.3. The van der Waals surface area contributed by atoms with Crippen LogP contribution in [0.4, 0.5) is 0 Å². The fourth-order valence-electron chi connectivity index (χ4n) is 3.53. The Hall–Kier alpha value is -1.46. The molecule has 0 radical (unpaired) electrons. The first-order chi connectivity index (χ1) is 12.7. The molecule has 0 spiro atoms. The summed E-state index contributed by atoms with van der Waals surface area (Å²) in [5.74, 6) is -1.34. The highest BCUT2D eigenvalue weighted by Crippen LogP contribution is 2.35. The molecule has 1 fully saturated rings. The number of aliphatic hydroxyl groups excluding tert-OH is 2. The van der Waals surface area contributed by atoms with Gasteiger partial charge in [-0.25, -0.2) is 0 Å². The van der Waals surface area contributed by atoms with Crippen molar-refractivity contribution in [2.45, 2.75) is 84.3 Å². The van der Waals surface area contributed by atoms with Gasteiger partial charge in [0, 0.05) is 24.7 Å². The van der Waals surface area contributed by atoms with Crippen LogP contribution in [0.3, 0.4) is 0 Å². The highest BCUT2D eigenvalue weighted by atomic mass is 16.4. The summed E-state index contributed by atoms with van der Waals surface area (Å²) in [6.45, 7) is 6.18. The van der Waals surface area contributed by atoms with Crippen molar-refractivity contribution in [3.8, 4) is 0 Å². The molecule has 0 aromatic carbocycles. The van der Waals surface area contributed by atoms with E-state index in [-0.39, 0.29) is 35.9 Å². The molecule has 5 heteroatoms. The minimum absolute atomic E-state index is 0.0154. The molecule has 0 bridgehead atoms. The van der Waals surface area contributed by atoms with Crippen molar-refractivity contribution >= 4 is 11.8 Å². The second kappa shape index (κ2) is 11.4. The number of hydrogen-bond donors (Lipinski definition) is 3. The van der Waals surface area contributed by atoms with Crippen LogP contribution in [-0.2, 0) is 9.59 Å². The van der Waals surface area contributed by atoms with E-state index in [4.69, 9.17) is 5.11 Å². The highest BCUT2D eigenvalue weighted by Gasteiger charge is 2.39. The van der Waals surface area contributed by atoms with E-state index in [1.54, 1.807) is 12.2 Å². The summed E-state index contributed by atoms with van der Waals surface area (Å²) < 4.78 is 0. The lowest BCUT2D eigenvalue weighted by molar-refractivity contribution is -0.137. The van der Waals surface area contributed by atoms with Gasteiger partial charge in [-0.1, -0.05) is 57.9 Å². The Kier molecular flexibility index (Phi) is 9.95. The summed E-state index contributed by atoms with van der Waals surface area (Å²) in [6, 6.07) is 0. The van der Waals surface area contributed by atoms with Crippen molar-refractivity contribution in [1.82, 2.24) is 0 Å². The summed E-state index contributed by atoms with van der Waals surface area (Å²) in [5.41, 5.74) is -0.244. The Labute approximate surface area is 163 Å². The van der Waals surface area contributed by atoms with Crippen molar-refractivity contribution in [3.63, 3.8) is 0 Å². The van der Waals surface area contributed by atoms with Crippen molar-refractivity contribution in [2.75, 3.05) is 0 Å². The first-order valence-corrected chi connectivity index (χ1v) is 10.1. The van der Waals surface area contributed by atoms with Crippen molar-refractivity contribution in [2.24, 2.45) is 17.3 Å². The van der Waals surface area contributed by atoms with Crippen LogP contribution < -0.4 is 0 Å². The van der Waals surface area contributed by atoms with Gasteiger partial charge in [-0.05, 0) is 31.1 Å². The van der Waals surface area contributed by atoms with Gasteiger partial charge in [0.25, 0.3) is 0 Å². The number of ketones is 1. The smallest absolute Gasteiger partial charge is 0.303 e. The molecule has 27 heavy (non-hydrogen) atoms. The number of Topliss-reactive ketones (excluding diaryl/α,β-unsaturated/α-hetero) is 1. The van der Waals surface area contributed by atoms with Crippen LogP contribution >= 0.6 is 0 Å². The third-order valence-electron chi connectivity index (χ3n) is 5.55. The first kappa shape index (κ1) is 23.6. The van der Waals surface area contributed by atoms with Gasteiger partial charge in [0.1, 0.15) is 5.78 Å². The van der Waals surface area contributed by atoms with Crippen molar-refractivity contribution in [1.29, 1.82) is 0 Å². The second-order valence-electron chi connectivity index (χ2n) is 8.34. The lowest BCUT2D eigenvalue weighted by Gasteiger charge is -2.29. The number of carbonyl (C=O) groups excluding carboxylic acids is 1. The standard InChI is InChI=1S/C22H36O5/c1-4-5-14-22(2,3)20(25)13-12-17-16(18(23)15-19(17)24)10-8-6-7-9-11-21(26)27/h6,8,12-13,16-18,20,23,25H,4-5,7,9-11,14-15H2,1-3H3,(H,26,27)/t16-,17-,18+,20-/m1/s1. The van der Waals surface area contributed by atoms with Crippen LogP contribution in [0, 0.1) is 17.3 Å². The molecule has 0 amide bonds. The molecule has 1 aliphatic rings. The largest absolute Gasteiger partial charge is 0.481 e. The summed E-state index contributed by atoms with van der Waals surface area (Å²) >= 11 is 0. The van der Waals surface area contributed by atoms with Crippen LogP contribution in [0.25, 0.3) is 0 Å². The molecule has 1 saturated carbocycles. The summed E-state index contributed by atoms with van der Waals surface area (Å²) in [6.07, 6.45) is 11.2. The van der Waals surface area contributed by atoms with Crippen LogP contribution in [0.5, 0.6) is 0 Å². The van der Waals surface area contributed by atoms with E-state index in [1.807, 2.05) is 26.0 Å². The normalized spacial score (nSPS) is 24.9. The molecule has 4 atom stereocenters. The zero-order chi connectivity index (χ0) is 20.4. The van der Waals surface area contributed by atoms with E-state index in [2.05, 4.69) is 6.92 Å². The SMILES string of the molecule is CCCCC(C)(C)[C@H](O)C=C[C@H]1C(=O)C[C@H](O)[C@@H]1CC=CCCCC(=O)O. The Morgan fingerprint density at radius 2 is 2.00 bits per heavy atom. The molecule has 0 aromatic rings. The van der Waals surface area contributed by atoms with E-state index in [1.165, 1.54) is 0 Å². The Balaban J connectivity index is 2.63. The monoisotopic (exact) mass is 380 g/mol. The molecule has 154 valence electrons. The highest BCUT2D eigenvalue weighted by molar-refractivity contribution is 5.86. The molecular weight excluding hydrogens is 344 g/mol. The van der Waals surface area contributed by atoms with Crippen molar-refractivity contribution < 1.29 is 24.9 Å². The average molecular weight is 381 g/mol. The van der Waals surface area contributed by atoms with Crippen LogP contribution in [0.15, 0.2) is 24.3 Å². The van der Waals surface area contributed by atoms with Crippen LogP contribution in [0.2, 0.25) is 0 Å². The first-order valence-electron chi connectivity index (χ1n) is 10.1. The van der Waals surface area contributed by atoms with Crippen LogP contribution in [0.1, 0.15) is 72.1 Å². The minimum Gasteiger partial charge on any atom is -0.481 e. The van der Waals surface area contributed by atoms with Crippen LogP contribution in [-0.4, -0.2) is 39.3 Å². The van der Waals surface area contributed by atoms with E-state index in [9.17, 15) is 19.8 Å². The van der Waals surface area contributed by atoms with Gasteiger partial charge in [0.05, 0.1) is 12.2 Å². The van der Waals surface area contributed by atoms with Gasteiger partial charge < -0.3 is 15.3 Å². The topological polar surface area (TPSA) is 94.8 Å². The number of aliphatic carboxylic acids is 1. The number of carbonyl (C=O) groups is 2. The maximum absolute atomic E-state index is 12.3. The number of aliphatic hydroxyl groups is 2. The van der Waals surface area contributed by atoms with Gasteiger partial charge in [0.15, 0.2) is 0 Å². The molecule has 3 N–H and O–H groups in total. The van der Waals surface area contributed by atoms with Gasteiger partial charge in [-0.3, -0.25) is 9.59 Å². The number of carboxylic acid groups (broad SMARTS) is 1. The number of unbranched alkanes of at least 4 members (excludes halogenated alkanes) is 2. The maximum Gasteiger partial charge on any atom is 0.303 e. The fraction of sp³-hybridized carbons (Fsp3) is 0.727. The Morgan fingerprint density at radius 3 is 2.63 bits per heavy atom. The molecule has 5 nitrogen and oxygen atoms in total. The number of hydrogen-bond acceptors (Lipinski definition) is 4. The average Bonchev–Trinajstić information content (AvgIpc) is 2.86. The molecular formula is C22H36O5. The quantitative estimate of drug-likeness (QED) is 0.353. The Bertz CT molecular complexity index is 535. The summed E-state index contributed by atoms with van der Waals surface area (Å²) in [5, 5.41) is 29.3. The Morgan fingerprint density at radius 1 is 1.30 bits per heavy atom. The van der Waals surface area contributed by atoms with E-state index < -0.39 is 18.2 Å². The molecule has 1 rings (SSSR count). The predicted octanol–water partition coefficient (Wildman–Crippen LogP) is 3.89. The van der Waals surface area contributed by atoms with E-state index in [0.717, 1.165) is 19.3 Å². The molecule has 0 heterocycles. The van der Waals surface area contributed by atoms with E-state index >= 15 is 0 Å². The molecule has 1 aliphatic carbocycles. The zero-order valence-electron chi connectivity index (χ0n) is 16.9. The molecule has 0 saturated heterocycles. The molecule has 0 aromatic heterocycles. The second-order valence-corrected chi connectivity index (χ2v) is 8.34. The van der Waals surface area contributed by atoms with Crippen molar-refractivity contribution in [3.05, 3.63) is 24.3 Å². The molecule has 0 aliphatic heterocycles. The molecule has 0 unspecified atom stereocenters. The van der Waals surface area contributed by atoms with Gasteiger partial charge in [-0.15, -0.1) is 0 Å². The minimum atomic E-state index is -0.800. The number of allylic oxidation sites excluding steroid dienone is 3. The predicted molar refractivity (Wildman–Crippen MR) is 106 cm³/mol.